The third kappa shape index (κ3) is 4.41. The van der Waals surface area contributed by atoms with Crippen molar-refractivity contribution in [1.82, 2.24) is 10.3 Å². The molecule has 1 atom stereocenters. The zero-order valence-corrected chi connectivity index (χ0v) is 18.1. The Balaban J connectivity index is 1.59. The SMILES string of the molecule is O=C(NC1CCCC1)C(c1ccncc1)N(C(=O)c1ccco1)c1ccc2c(c1)OCCO2. The van der Waals surface area contributed by atoms with Crippen molar-refractivity contribution < 1.29 is 23.5 Å². The Hall–Kier alpha value is -3.81. The normalized spacial score (nSPS) is 16.2. The number of nitrogens with one attached hydrogen (secondary N) is 1. The smallest absolute Gasteiger partial charge is 0.294 e. The van der Waals surface area contributed by atoms with E-state index in [1.54, 1.807) is 54.9 Å². The molecule has 33 heavy (non-hydrogen) atoms. The molecule has 5 rings (SSSR count). The number of amides is 2. The summed E-state index contributed by atoms with van der Waals surface area (Å²) in [6.45, 7) is 0.878. The third-order valence-corrected chi connectivity index (χ3v) is 5.98. The third-order valence-electron chi connectivity index (χ3n) is 5.98. The van der Waals surface area contributed by atoms with E-state index in [2.05, 4.69) is 10.3 Å². The van der Waals surface area contributed by atoms with Crippen LogP contribution in [0.4, 0.5) is 5.69 Å². The van der Waals surface area contributed by atoms with E-state index < -0.39 is 11.9 Å². The van der Waals surface area contributed by atoms with Gasteiger partial charge in [0.05, 0.1) is 6.26 Å². The molecule has 1 aliphatic heterocycles. The molecule has 0 bridgehead atoms. The molecule has 1 aromatic carbocycles. The van der Waals surface area contributed by atoms with Gasteiger partial charge in [0.25, 0.3) is 5.91 Å². The first-order valence-corrected chi connectivity index (χ1v) is 11.2. The molecule has 0 radical (unpaired) electrons. The quantitative estimate of drug-likeness (QED) is 0.616. The van der Waals surface area contributed by atoms with Gasteiger partial charge in [0.2, 0.25) is 5.91 Å². The van der Waals surface area contributed by atoms with Crippen LogP contribution in [0.15, 0.2) is 65.5 Å². The van der Waals surface area contributed by atoms with E-state index in [0.29, 0.717) is 36.0 Å². The average Bonchev–Trinajstić information content (AvgIpc) is 3.57. The maximum atomic E-state index is 13.7. The van der Waals surface area contributed by atoms with Gasteiger partial charge in [0.1, 0.15) is 19.3 Å². The molecule has 8 nitrogen and oxygen atoms in total. The Morgan fingerprint density at radius 3 is 2.48 bits per heavy atom. The molecular formula is C25H25N3O5. The fourth-order valence-corrected chi connectivity index (χ4v) is 4.40. The monoisotopic (exact) mass is 447 g/mol. The van der Waals surface area contributed by atoms with Crippen molar-refractivity contribution in [2.75, 3.05) is 18.1 Å². The maximum Gasteiger partial charge on any atom is 0.294 e. The zero-order valence-electron chi connectivity index (χ0n) is 18.1. The molecule has 1 saturated carbocycles. The summed E-state index contributed by atoms with van der Waals surface area (Å²) in [5.41, 5.74) is 1.15. The molecule has 0 spiro atoms. The molecule has 2 aliphatic rings. The number of rotatable bonds is 6. The van der Waals surface area contributed by atoms with Crippen molar-refractivity contribution in [2.45, 2.75) is 37.8 Å². The summed E-state index contributed by atoms with van der Waals surface area (Å²) in [6, 6.07) is 11.2. The summed E-state index contributed by atoms with van der Waals surface area (Å²) < 4.78 is 16.8. The first-order chi connectivity index (χ1) is 16.2. The number of hydrogen-bond donors (Lipinski definition) is 1. The maximum absolute atomic E-state index is 13.7. The van der Waals surface area contributed by atoms with E-state index in [4.69, 9.17) is 13.9 Å². The van der Waals surface area contributed by atoms with Gasteiger partial charge < -0.3 is 19.2 Å². The Morgan fingerprint density at radius 1 is 1.00 bits per heavy atom. The van der Waals surface area contributed by atoms with E-state index >= 15 is 0 Å². The van der Waals surface area contributed by atoms with Crippen LogP contribution in [0.2, 0.25) is 0 Å². The van der Waals surface area contributed by atoms with E-state index in [0.717, 1.165) is 25.7 Å². The van der Waals surface area contributed by atoms with Gasteiger partial charge in [-0.2, -0.15) is 0 Å². The Bertz CT molecular complexity index is 1110. The van der Waals surface area contributed by atoms with Crippen molar-refractivity contribution in [3.63, 3.8) is 0 Å². The van der Waals surface area contributed by atoms with Crippen LogP contribution in [0.25, 0.3) is 0 Å². The highest BCUT2D eigenvalue weighted by atomic mass is 16.6. The lowest BCUT2D eigenvalue weighted by molar-refractivity contribution is -0.123. The second-order valence-corrected chi connectivity index (χ2v) is 8.15. The van der Waals surface area contributed by atoms with E-state index in [9.17, 15) is 9.59 Å². The molecule has 8 heteroatoms. The highest BCUT2D eigenvalue weighted by Crippen LogP contribution is 2.38. The first-order valence-electron chi connectivity index (χ1n) is 11.2. The zero-order chi connectivity index (χ0) is 22.6. The Labute approximate surface area is 191 Å². The van der Waals surface area contributed by atoms with Crippen LogP contribution in [0, 0.1) is 0 Å². The van der Waals surface area contributed by atoms with E-state index in [1.165, 1.54) is 11.2 Å². The summed E-state index contributed by atoms with van der Waals surface area (Å²) in [5, 5.41) is 3.15. The number of nitrogens with zero attached hydrogens (tertiary/aromatic N) is 2. The summed E-state index contributed by atoms with van der Waals surface area (Å²) in [6.07, 6.45) is 8.71. The lowest BCUT2D eigenvalue weighted by Crippen LogP contribution is -2.46. The molecule has 3 heterocycles. The molecule has 1 unspecified atom stereocenters. The second-order valence-electron chi connectivity index (χ2n) is 8.15. The van der Waals surface area contributed by atoms with Gasteiger partial charge in [-0.25, -0.2) is 0 Å². The number of hydrogen-bond acceptors (Lipinski definition) is 6. The molecule has 3 aromatic rings. The van der Waals surface area contributed by atoms with Crippen LogP contribution >= 0.6 is 0 Å². The summed E-state index contributed by atoms with van der Waals surface area (Å²) in [7, 11) is 0. The number of pyridine rings is 1. The largest absolute Gasteiger partial charge is 0.486 e. The lowest BCUT2D eigenvalue weighted by atomic mass is 10.0. The van der Waals surface area contributed by atoms with Crippen LogP contribution in [0.5, 0.6) is 11.5 Å². The predicted molar refractivity (Wildman–Crippen MR) is 120 cm³/mol. The minimum absolute atomic E-state index is 0.0997. The van der Waals surface area contributed by atoms with E-state index in [-0.39, 0.29) is 17.7 Å². The highest BCUT2D eigenvalue weighted by molar-refractivity contribution is 6.08. The van der Waals surface area contributed by atoms with Crippen LogP contribution in [-0.4, -0.2) is 36.1 Å². The predicted octanol–water partition coefficient (Wildman–Crippen LogP) is 3.89. The van der Waals surface area contributed by atoms with Gasteiger partial charge in [-0.1, -0.05) is 12.8 Å². The topological polar surface area (TPSA) is 93.9 Å². The Kier molecular flexibility index (Phi) is 5.97. The van der Waals surface area contributed by atoms with Gasteiger partial charge in [-0.05, 0) is 54.8 Å². The molecule has 0 saturated heterocycles. The molecule has 1 fully saturated rings. The van der Waals surface area contributed by atoms with Crippen molar-refractivity contribution in [1.29, 1.82) is 0 Å². The Morgan fingerprint density at radius 2 is 1.76 bits per heavy atom. The number of benzene rings is 1. The van der Waals surface area contributed by atoms with Crippen LogP contribution in [0.3, 0.4) is 0 Å². The average molecular weight is 447 g/mol. The number of anilines is 1. The van der Waals surface area contributed by atoms with Crippen LogP contribution in [-0.2, 0) is 4.79 Å². The number of aromatic nitrogens is 1. The number of carbonyl (C=O) groups is 2. The van der Waals surface area contributed by atoms with Crippen molar-refractivity contribution in [3.05, 3.63) is 72.4 Å². The van der Waals surface area contributed by atoms with Gasteiger partial charge >= 0.3 is 0 Å². The highest BCUT2D eigenvalue weighted by Gasteiger charge is 2.36. The second kappa shape index (κ2) is 9.36. The van der Waals surface area contributed by atoms with Crippen molar-refractivity contribution in [2.24, 2.45) is 0 Å². The number of furan rings is 1. The summed E-state index contributed by atoms with van der Waals surface area (Å²) in [5.74, 6) is 0.590. The van der Waals surface area contributed by atoms with Gasteiger partial charge in [-0.3, -0.25) is 19.5 Å². The number of ether oxygens (including phenoxy) is 2. The molecule has 170 valence electrons. The van der Waals surface area contributed by atoms with Crippen molar-refractivity contribution in [3.8, 4) is 11.5 Å². The number of fused-ring (bicyclic) bond motifs is 1. The van der Waals surface area contributed by atoms with Crippen molar-refractivity contribution >= 4 is 17.5 Å². The molecule has 1 N–H and O–H groups in total. The lowest BCUT2D eigenvalue weighted by Gasteiger charge is -2.32. The molecule has 2 aromatic heterocycles. The first kappa shape index (κ1) is 21.1. The number of carbonyl (C=O) groups excluding carboxylic acids is 2. The van der Waals surface area contributed by atoms with Gasteiger partial charge in [-0.15, -0.1) is 0 Å². The van der Waals surface area contributed by atoms with Crippen LogP contribution in [0.1, 0.15) is 47.8 Å². The fraction of sp³-hybridized carbons (Fsp3) is 0.320. The standard InChI is InChI=1S/C25H25N3O5/c29-24(27-18-4-1-2-5-18)23(17-9-11-26-12-10-17)28(25(30)21-6-3-13-31-21)19-7-8-20-22(16-19)33-15-14-32-20/h3,6-13,16,18,23H,1-2,4-5,14-15H2,(H,27,29). The van der Waals surface area contributed by atoms with Gasteiger partial charge in [0, 0.05) is 30.2 Å². The van der Waals surface area contributed by atoms with Gasteiger partial charge in [0.15, 0.2) is 17.3 Å². The minimum Gasteiger partial charge on any atom is -0.486 e. The van der Waals surface area contributed by atoms with E-state index in [1.807, 2.05) is 0 Å². The van der Waals surface area contributed by atoms with Crippen LogP contribution < -0.4 is 19.7 Å². The molecular weight excluding hydrogens is 422 g/mol. The summed E-state index contributed by atoms with van der Waals surface area (Å²) in [4.78, 5) is 32.9. The summed E-state index contributed by atoms with van der Waals surface area (Å²) >= 11 is 0. The molecule has 2 amide bonds. The molecule has 1 aliphatic carbocycles. The fourth-order valence-electron chi connectivity index (χ4n) is 4.40. The minimum atomic E-state index is -0.922.